The van der Waals surface area contributed by atoms with E-state index >= 15 is 0 Å². The number of rotatable bonds is 2. The van der Waals surface area contributed by atoms with Gasteiger partial charge in [-0.05, 0) is 42.3 Å². The monoisotopic (exact) mass is 272 g/mol. The van der Waals surface area contributed by atoms with E-state index in [2.05, 4.69) is 0 Å². The standard InChI is InChI=1S/C16H16O4/c1-10-3-6-13-15(7-10)20-16(9-19-13)11-4-5-12(17)14(8-11)18-2/h3-8,16-17H,9H2,1-2H3/t16-/m0/s1. The highest BCUT2D eigenvalue weighted by atomic mass is 16.6. The molecule has 3 rings (SSSR count). The van der Waals surface area contributed by atoms with Gasteiger partial charge in [-0.2, -0.15) is 0 Å². The number of phenols is 1. The van der Waals surface area contributed by atoms with Crippen LogP contribution in [-0.4, -0.2) is 18.8 Å². The van der Waals surface area contributed by atoms with Crippen LogP contribution in [0.5, 0.6) is 23.0 Å². The molecule has 0 spiro atoms. The lowest BCUT2D eigenvalue weighted by Crippen LogP contribution is -2.21. The maximum absolute atomic E-state index is 9.63. The van der Waals surface area contributed by atoms with Gasteiger partial charge in [0.1, 0.15) is 6.61 Å². The van der Waals surface area contributed by atoms with Crippen molar-refractivity contribution in [1.82, 2.24) is 0 Å². The summed E-state index contributed by atoms with van der Waals surface area (Å²) in [5.41, 5.74) is 2.03. The van der Waals surface area contributed by atoms with E-state index in [9.17, 15) is 5.11 Å². The number of ether oxygens (including phenoxy) is 3. The first-order valence-electron chi connectivity index (χ1n) is 6.44. The zero-order chi connectivity index (χ0) is 14.1. The molecule has 104 valence electrons. The number of fused-ring (bicyclic) bond motifs is 1. The Labute approximate surface area is 117 Å². The first-order valence-corrected chi connectivity index (χ1v) is 6.44. The summed E-state index contributed by atoms with van der Waals surface area (Å²) in [7, 11) is 1.52. The first-order chi connectivity index (χ1) is 9.67. The normalized spacial score (nSPS) is 16.8. The first kappa shape index (κ1) is 12.7. The second-order valence-corrected chi connectivity index (χ2v) is 4.80. The van der Waals surface area contributed by atoms with Gasteiger partial charge in [0.05, 0.1) is 7.11 Å². The quantitative estimate of drug-likeness (QED) is 0.911. The van der Waals surface area contributed by atoms with Gasteiger partial charge < -0.3 is 19.3 Å². The largest absolute Gasteiger partial charge is 0.504 e. The third kappa shape index (κ3) is 2.25. The van der Waals surface area contributed by atoms with E-state index < -0.39 is 0 Å². The van der Waals surface area contributed by atoms with Gasteiger partial charge in [0, 0.05) is 0 Å². The summed E-state index contributed by atoms with van der Waals surface area (Å²) in [5.74, 6) is 2.05. The minimum absolute atomic E-state index is 0.115. The van der Waals surface area contributed by atoms with Crippen molar-refractivity contribution in [3.63, 3.8) is 0 Å². The number of phenolic OH excluding ortho intramolecular Hbond substituents is 1. The SMILES string of the molecule is COc1cc([C@@H]2COc3ccc(C)cc3O2)ccc1O. The second-order valence-electron chi connectivity index (χ2n) is 4.80. The second kappa shape index (κ2) is 4.96. The maximum atomic E-state index is 9.63. The molecule has 2 aromatic carbocycles. The van der Waals surface area contributed by atoms with Gasteiger partial charge in [0.25, 0.3) is 0 Å². The van der Waals surface area contributed by atoms with Crippen molar-refractivity contribution in [2.45, 2.75) is 13.0 Å². The molecule has 0 bridgehead atoms. The summed E-state index contributed by atoms with van der Waals surface area (Å²) in [6.45, 7) is 2.45. The molecule has 4 nitrogen and oxygen atoms in total. The van der Waals surface area contributed by atoms with E-state index in [4.69, 9.17) is 14.2 Å². The van der Waals surface area contributed by atoms with E-state index in [1.807, 2.05) is 31.2 Å². The van der Waals surface area contributed by atoms with E-state index in [1.165, 1.54) is 7.11 Å². The summed E-state index contributed by atoms with van der Waals surface area (Å²) in [4.78, 5) is 0. The molecule has 0 saturated carbocycles. The lowest BCUT2D eigenvalue weighted by atomic mass is 10.1. The summed E-state index contributed by atoms with van der Waals surface area (Å²) in [6, 6.07) is 11.0. The third-order valence-electron chi connectivity index (χ3n) is 3.33. The van der Waals surface area contributed by atoms with Crippen molar-refractivity contribution in [1.29, 1.82) is 0 Å². The predicted molar refractivity (Wildman–Crippen MR) is 74.7 cm³/mol. The fourth-order valence-corrected chi connectivity index (χ4v) is 2.24. The van der Waals surface area contributed by atoms with Crippen molar-refractivity contribution >= 4 is 0 Å². The molecule has 0 saturated heterocycles. The Morgan fingerprint density at radius 3 is 2.80 bits per heavy atom. The fourth-order valence-electron chi connectivity index (χ4n) is 2.24. The lowest BCUT2D eigenvalue weighted by Gasteiger charge is -2.27. The van der Waals surface area contributed by atoms with Crippen LogP contribution in [0.2, 0.25) is 0 Å². The molecule has 0 fully saturated rings. The number of hydrogen-bond donors (Lipinski definition) is 1. The average molecular weight is 272 g/mol. The molecule has 20 heavy (non-hydrogen) atoms. The van der Waals surface area contributed by atoms with Crippen LogP contribution in [-0.2, 0) is 0 Å². The molecule has 1 heterocycles. The van der Waals surface area contributed by atoms with Crippen LogP contribution in [0, 0.1) is 6.92 Å². The molecule has 1 N–H and O–H groups in total. The van der Waals surface area contributed by atoms with Gasteiger partial charge in [-0.3, -0.25) is 0 Å². The molecule has 0 radical (unpaired) electrons. The van der Waals surface area contributed by atoms with E-state index in [1.54, 1.807) is 12.1 Å². The smallest absolute Gasteiger partial charge is 0.162 e. The Morgan fingerprint density at radius 2 is 2.00 bits per heavy atom. The number of hydrogen-bond acceptors (Lipinski definition) is 4. The summed E-state index contributed by atoms with van der Waals surface area (Å²) < 4.78 is 16.8. The van der Waals surface area contributed by atoms with Gasteiger partial charge in [-0.25, -0.2) is 0 Å². The van der Waals surface area contributed by atoms with E-state index in [0.717, 1.165) is 22.6 Å². The Bertz CT molecular complexity index is 636. The Balaban J connectivity index is 1.90. The number of aryl methyl sites for hydroxylation is 1. The van der Waals surface area contributed by atoms with Crippen LogP contribution < -0.4 is 14.2 Å². The van der Waals surface area contributed by atoms with Crippen LogP contribution in [0.1, 0.15) is 17.2 Å². The summed E-state index contributed by atoms with van der Waals surface area (Å²) in [5, 5.41) is 9.63. The van der Waals surface area contributed by atoms with E-state index in [0.29, 0.717) is 12.4 Å². The minimum Gasteiger partial charge on any atom is -0.504 e. The van der Waals surface area contributed by atoms with Crippen LogP contribution in [0.25, 0.3) is 0 Å². The Hall–Kier alpha value is -2.36. The number of aromatic hydroxyl groups is 1. The van der Waals surface area contributed by atoms with Crippen molar-refractivity contribution in [2.75, 3.05) is 13.7 Å². The van der Waals surface area contributed by atoms with Gasteiger partial charge in [-0.1, -0.05) is 12.1 Å². The van der Waals surface area contributed by atoms with Crippen LogP contribution in [0.3, 0.4) is 0 Å². The highest BCUT2D eigenvalue weighted by Crippen LogP contribution is 2.38. The molecule has 0 aliphatic carbocycles. The molecule has 0 unspecified atom stereocenters. The molecular formula is C16H16O4. The van der Waals surface area contributed by atoms with Gasteiger partial charge in [0.15, 0.2) is 29.1 Å². The molecule has 1 atom stereocenters. The van der Waals surface area contributed by atoms with Crippen molar-refractivity contribution in [2.24, 2.45) is 0 Å². The third-order valence-corrected chi connectivity index (χ3v) is 3.33. The minimum atomic E-state index is -0.209. The zero-order valence-electron chi connectivity index (χ0n) is 11.4. The predicted octanol–water partition coefficient (Wildman–Crippen LogP) is 3.22. The van der Waals surface area contributed by atoms with Crippen molar-refractivity contribution < 1.29 is 19.3 Å². The number of methoxy groups -OCH3 is 1. The fraction of sp³-hybridized carbons (Fsp3) is 0.250. The molecule has 1 aliphatic heterocycles. The van der Waals surface area contributed by atoms with Crippen LogP contribution in [0.15, 0.2) is 36.4 Å². The van der Waals surface area contributed by atoms with E-state index in [-0.39, 0.29) is 11.9 Å². The molecule has 0 aromatic heterocycles. The number of benzene rings is 2. The van der Waals surface area contributed by atoms with Crippen LogP contribution >= 0.6 is 0 Å². The Kier molecular flexibility index (Phi) is 3.14. The lowest BCUT2D eigenvalue weighted by molar-refractivity contribution is 0.0910. The van der Waals surface area contributed by atoms with Gasteiger partial charge in [0.2, 0.25) is 0 Å². The molecule has 0 amide bonds. The summed E-state index contributed by atoms with van der Waals surface area (Å²) >= 11 is 0. The molecule has 2 aromatic rings. The maximum Gasteiger partial charge on any atom is 0.162 e. The van der Waals surface area contributed by atoms with Gasteiger partial charge >= 0.3 is 0 Å². The topological polar surface area (TPSA) is 47.9 Å². The van der Waals surface area contributed by atoms with Gasteiger partial charge in [-0.15, -0.1) is 0 Å². The zero-order valence-corrected chi connectivity index (χ0v) is 11.4. The van der Waals surface area contributed by atoms with Crippen molar-refractivity contribution in [3.05, 3.63) is 47.5 Å². The summed E-state index contributed by atoms with van der Waals surface area (Å²) in [6.07, 6.45) is -0.209. The van der Waals surface area contributed by atoms with Crippen LogP contribution in [0.4, 0.5) is 0 Å². The highest BCUT2D eigenvalue weighted by molar-refractivity contribution is 5.46. The molecule has 4 heteroatoms. The molecule has 1 aliphatic rings. The average Bonchev–Trinajstić information content (AvgIpc) is 2.47. The molecular weight excluding hydrogens is 256 g/mol. The highest BCUT2D eigenvalue weighted by Gasteiger charge is 2.23. The Morgan fingerprint density at radius 1 is 1.15 bits per heavy atom. The van der Waals surface area contributed by atoms with Crippen molar-refractivity contribution in [3.8, 4) is 23.0 Å².